The molecule has 102 valence electrons. The second kappa shape index (κ2) is 6.14. The van der Waals surface area contributed by atoms with Crippen molar-refractivity contribution in [2.75, 3.05) is 19.5 Å². The number of nitrogens with one attached hydrogen (secondary N) is 2. The molecule has 1 atom stereocenters. The topological polar surface area (TPSA) is 85.1 Å². The molecule has 2 rings (SSSR count). The normalized spacial score (nSPS) is 12.2. The summed E-state index contributed by atoms with van der Waals surface area (Å²) < 4.78 is 10.5. The molecule has 0 saturated heterocycles. The Morgan fingerprint density at radius 1 is 1.42 bits per heavy atom. The zero-order valence-corrected chi connectivity index (χ0v) is 11.2. The molecular weight excluding hydrogens is 246 g/mol. The highest BCUT2D eigenvalue weighted by atomic mass is 16.5. The van der Waals surface area contributed by atoms with E-state index in [0.29, 0.717) is 24.3 Å². The smallest absolute Gasteiger partial charge is 0.315 e. The number of anilines is 1. The summed E-state index contributed by atoms with van der Waals surface area (Å²) >= 11 is 0. The molecule has 0 aliphatic heterocycles. The second-order valence-corrected chi connectivity index (χ2v) is 4.02. The Kier molecular flexibility index (Phi) is 4.30. The van der Waals surface area contributed by atoms with E-state index in [1.807, 2.05) is 26.1 Å². The van der Waals surface area contributed by atoms with Crippen LogP contribution in [0.25, 0.3) is 0 Å². The zero-order valence-electron chi connectivity index (χ0n) is 11.2. The minimum absolute atomic E-state index is 0.0315. The van der Waals surface area contributed by atoms with Gasteiger partial charge in [0.2, 0.25) is 11.8 Å². The molecule has 0 bridgehead atoms. The Hall–Kier alpha value is -2.15. The summed E-state index contributed by atoms with van der Waals surface area (Å²) in [5.41, 5.74) is 1.02. The zero-order chi connectivity index (χ0) is 13.7. The van der Waals surface area contributed by atoms with Crippen LogP contribution in [0.2, 0.25) is 0 Å². The summed E-state index contributed by atoms with van der Waals surface area (Å²) in [6, 6.07) is 4.17. The number of hydrogen-bond donors (Lipinski definition) is 2. The van der Waals surface area contributed by atoms with Crippen molar-refractivity contribution in [2.45, 2.75) is 19.5 Å². The lowest BCUT2D eigenvalue weighted by molar-refractivity contribution is 0.397. The average molecular weight is 263 g/mol. The van der Waals surface area contributed by atoms with Gasteiger partial charge in [-0.15, -0.1) is 5.10 Å². The van der Waals surface area contributed by atoms with Crippen LogP contribution in [0, 0.1) is 0 Å². The Labute approximate surface area is 111 Å². The monoisotopic (exact) mass is 263 g/mol. The third-order valence-electron chi connectivity index (χ3n) is 2.70. The molecular formula is C12H17N5O2. The predicted octanol–water partition coefficient (Wildman–Crippen LogP) is 1.37. The molecule has 0 amide bonds. The van der Waals surface area contributed by atoms with E-state index in [1.165, 1.54) is 0 Å². The van der Waals surface area contributed by atoms with Crippen LogP contribution < -0.4 is 15.4 Å². The first-order chi connectivity index (χ1) is 9.22. The number of methoxy groups -OCH3 is 1. The van der Waals surface area contributed by atoms with Gasteiger partial charge in [0.1, 0.15) is 0 Å². The lowest BCUT2D eigenvalue weighted by Gasteiger charge is -2.04. The van der Waals surface area contributed by atoms with E-state index in [2.05, 4.69) is 25.8 Å². The van der Waals surface area contributed by atoms with Gasteiger partial charge in [0.25, 0.3) is 0 Å². The van der Waals surface area contributed by atoms with Crippen LogP contribution >= 0.6 is 0 Å². The first-order valence-electron chi connectivity index (χ1n) is 5.96. The molecule has 2 N–H and O–H groups in total. The molecule has 0 saturated carbocycles. The van der Waals surface area contributed by atoms with Crippen LogP contribution in [0.15, 0.2) is 22.7 Å². The Morgan fingerprint density at radius 3 is 3.00 bits per heavy atom. The Morgan fingerprint density at radius 2 is 2.26 bits per heavy atom. The first-order valence-corrected chi connectivity index (χ1v) is 5.96. The number of hydrogen-bond acceptors (Lipinski definition) is 7. The molecule has 0 radical (unpaired) electrons. The average Bonchev–Trinajstić information content (AvgIpc) is 2.93. The van der Waals surface area contributed by atoms with Gasteiger partial charge in [-0.25, -0.2) is 4.98 Å². The van der Waals surface area contributed by atoms with E-state index in [0.717, 1.165) is 5.56 Å². The van der Waals surface area contributed by atoms with E-state index in [-0.39, 0.29) is 6.04 Å². The van der Waals surface area contributed by atoms with Crippen molar-refractivity contribution >= 4 is 6.01 Å². The van der Waals surface area contributed by atoms with Crippen molar-refractivity contribution in [2.24, 2.45) is 0 Å². The lowest BCUT2D eigenvalue weighted by atomic mass is 10.2. The molecule has 0 aliphatic rings. The molecule has 1 unspecified atom stereocenters. The van der Waals surface area contributed by atoms with E-state index in [1.54, 1.807) is 13.3 Å². The van der Waals surface area contributed by atoms with Crippen LogP contribution in [-0.2, 0) is 6.54 Å². The number of pyridine rings is 1. The number of ether oxygens (including phenoxy) is 1. The van der Waals surface area contributed by atoms with Crippen molar-refractivity contribution in [3.05, 3.63) is 29.8 Å². The molecule has 0 aromatic carbocycles. The van der Waals surface area contributed by atoms with E-state index in [9.17, 15) is 0 Å². The summed E-state index contributed by atoms with van der Waals surface area (Å²) in [5.74, 6) is 1.13. The van der Waals surface area contributed by atoms with Gasteiger partial charge >= 0.3 is 6.01 Å². The predicted molar refractivity (Wildman–Crippen MR) is 69.9 cm³/mol. The summed E-state index contributed by atoms with van der Waals surface area (Å²) in [6.07, 6.45) is 1.69. The van der Waals surface area contributed by atoms with Crippen molar-refractivity contribution in [1.29, 1.82) is 0 Å². The minimum Gasteiger partial charge on any atom is -0.481 e. The van der Waals surface area contributed by atoms with Crippen molar-refractivity contribution in [3.63, 3.8) is 0 Å². The molecule has 19 heavy (non-hydrogen) atoms. The van der Waals surface area contributed by atoms with Gasteiger partial charge in [-0.05, 0) is 25.6 Å². The standard InChI is InChI=1S/C12H17N5O2/c1-8(13-2)11-16-17-12(19-11)15-7-9-4-5-14-10(6-9)18-3/h4-6,8,13H,7H2,1-3H3,(H,15,17). The van der Waals surface area contributed by atoms with Crippen LogP contribution in [0.4, 0.5) is 6.01 Å². The van der Waals surface area contributed by atoms with Crippen LogP contribution in [0.5, 0.6) is 5.88 Å². The van der Waals surface area contributed by atoms with Crippen LogP contribution in [0.1, 0.15) is 24.4 Å². The summed E-state index contributed by atoms with van der Waals surface area (Å²) in [6.45, 7) is 2.51. The maximum atomic E-state index is 5.47. The molecule has 2 aromatic rings. The molecule has 0 spiro atoms. The van der Waals surface area contributed by atoms with E-state index >= 15 is 0 Å². The van der Waals surface area contributed by atoms with Gasteiger partial charge in [0, 0.05) is 18.8 Å². The lowest BCUT2D eigenvalue weighted by Crippen LogP contribution is -2.12. The fourth-order valence-electron chi connectivity index (χ4n) is 1.45. The van der Waals surface area contributed by atoms with Gasteiger partial charge in [-0.1, -0.05) is 5.10 Å². The molecule has 2 aromatic heterocycles. The van der Waals surface area contributed by atoms with Crippen molar-refractivity contribution < 1.29 is 9.15 Å². The SMILES string of the molecule is CNC(C)c1nnc(NCc2ccnc(OC)c2)o1. The van der Waals surface area contributed by atoms with Gasteiger partial charge in [-0.2, -0.15) is 0 Å². The minimum atomic E-state index is 0.0315. The third-order valence-corrected chi connectivity index (χ3v) is 2.70. The van der Waals surface area contributed by atoms with Crippen molar-refractivity contribution in [3.8, 4) is 5.88 Å². The van der Waals surface area contributed by atoms with Gasteiger partial charge in [0.15, 0.2) is 0 Å². The van der Waals surface area contributed by atoms with E-state index < -0.39 is 0 Å². The van der Waals surface area contributed by atoms with Crippen LogP contribution in [-0.4, -0.2) is 29.3 Å². The Bertz CT molecular complexity index is 528. The Balaban J connectivity index is 1.96. The largest absolute Gasteiger partial charge is 0.481 e. The number of aromatic nitrogens is 3. The molecule has 0 fully saturated rings. The highest BCUT2D eigenvalue weighted by molar-refractivity contribution is 5.26. The maximum Gasteiger partial charge on any atom is 0.315 e. The molecule has 2 heterocycles. The van der Waals surface area contributed by atoms with Gasteiger partial charge in [0.05, 0.1) is 13.2 Å². The fourth-order valence-corrected chi connectivity index (χ4v) is 1.45. The van der Waals surface area contributed by atoms with Gasteiger partial charge < -0.3 is 19.8 Å². The van der Waals surface area contributed by atoms with Crippen molar-refractivity contribution in [1.82, 2.24) is 20.5 Å². The fraction of sp³-hybridized carbons (Fsp3) is 0.417. The number of nitrogens with zero attached hydrogens (tertiary/aromatic N) is 3. The quantitative estimate of drug-likeness (QED) is 0.814. The maximum absolute atomic E-state index is 5.47. The first kappa shape index (κ1) is 13.3. The van der Waals surface area contributed by atoms with Gasteiger partial charge in [-0.3, -0.25) is 0 Å². The molecule has 0 aliphatic carbocycles. The third kappa shape index (κ3) is 3.41. The summed E-state index contributed by atoms with van der Waals surface area (Å²) in [7, 11) is 3.42. The molecule has 7 nitrogen and oxygen atoms in total. The molecule has 7 heteroatoms. The summed E-state index contributed by atoms with van der Waals surface area (Å²) in [5, 5.41) is 14.0. The second-order valence-electron chi connectivity index (χ2n) is 4.02. The number of rotatable bonds is 6. The van der Waals surface area contributed by atoms with E-state index in [4.69, 9.17) is 9.15 Å². The van der Waals surface area contributed by atoms with Crippen LogP contribution in [0.3, 0.4) is 0 Å². The highest BCUT2D eigenvalue weighted by Crippen LogP contribution is 2.14. The summed E-state index contributed by atoms with van der Waals surface area (Å²) in [4.78, 5) is 4.04. The highest BCUT2D eigenvalue weighted by Gasteiger charge is 2.11.